The maximum Gasteiger partial charge on any atom is 0.305 e. The SMILES string of the molecule is COC(=O)CCc1nc(NCc2ccc3c(c2)OCO3)c2cc(C)sc2n1. The molecular weight excluding hydrogens is 366 g/mol. The van der Waals surface area contributed by atoms with E-state index in [0.29, 0.717) is 18.8 Å². The molecule has 1 aliphatic heterocycles. The van der Waals surface area contributed by atoms with Crippen LogP contribution in [0.15, 0.2) is 24.3 Å². The molecule has 4 rings (SSSR count). The van der Waals surface area contributed by atoms with Crippen LogP contribution in [0.3, 0.4) is 0 Å². The standard InChI is InChI=1S/C19H19N3O4S/c1-11-7-13-18(20-9-12-3-4-14-15(8-12)26-10-25-14)21-16(22-19(13)27-11)5-6-17(23)24-2/h3-4,7-8H,5-6,9-10H2,1-2H3,(H,20,21,22). The molecule has 8 heteroatoms. The minimum Gasteiger partial charge on any atom is -0.469 e. The average molecular weight is 385 g/mol. The highest BCUT2D eigenvalue weighted by atomic mass is 32.1. The van der Waals surface area contributed by atoms with Gasteiger partial charge in [0.2, 0.25) is 6.79 Å². The normalized spacial score (nSPS) is 12.4. The van der Waals surface area contributed by atoms with Crippen LogP contribution in [0.4, 0.5) is 5.82 Å². The van der Waals surface area contributed by atoms with Crippen molar-refractivity contribution in [1.29, 1.82) is 0 Å². The van der Waals surface area contributed by atoms with Crippen LogP contribution in [0.5, 0.6) is 11.5 Å². The van der Waals surface area contributed by atoms with Crippen molar-refractivity contribution >= 4 is 33.3 Å². The molecule has 1 N–H and O–H groups in total. The van der Waals surface area contributed by atoms with Crippen molar-refractivity contribution in [2.45, 2.75) is 26.3 Å². The van der Waals surface area contributed by atoms with Crippen molar-refractivity contribution in [3.05, 3.63) is 40.5 Å². The Balaban J connectivity index is 1.56. The van der Waals surface area contributed by atoms with Crippen LogP contribution in [0.25, 0.3) is 10.2 Å². The first kappa shape index (κ1) is 17.5. The van der Waals surface area contributed by atoms with Crippen LogP contribution < -0.4 is 14.8 Å². The van der Waals surface area contributed by atoms with Crippen molar-refractivity contribution in [3.8, 4) is 11.5 Å². The number of rotatable bonds is 6. The number of anilines is 1. The third-order valence-electron chi connectivity index (χ3n) is 4.24. The number of ether oxygens (including phenoxy) is 3. The van der Waals surface area contributed by atoms with Gasteiger partial charge in [-0.3, -0.25) is 4.79 Å². The van der Waals surface area contributed by atoms with Gasteiger partial charge in [-0.15, -0.1) is 11.3 Å². The van der Waals surface area contributed by atoms with Crippen molar-refractivity contribution < 1.29 is 19.0 Å². The molecule has 1 aromatic carbocycles. The Kier molecular flexibility index (Phi) is 4.81. The summed E-state index contributed by atoms with van der Waals surface area (Å²) >= 11 is 1.61. The molecule has 1 aliphatic rings. The summed E-state index contributed by atoms with van der Waals surface area (Å²) in [6.45, 7) is 2.90. The Morgan fingerprint density at radius 2 is 2.11 bits per heavy atom. The zero-order valence-corrected chi connectivity index (χ0v) is 15.9. The van der Waals surface area contributed by atoms with Crippen LogP contribution in [0.2, 0.25) is 0 Å². The topological polar surface area (TPSA) is 82.6 Å². The van der Waals surface area contributed by atoms with E-state index in [9.17, 15) is 4.79 Å². The van der Waals surface area contributed by atoms with E-state index in [-0.39, 0.29) is 19.2 Å². The quantitative estimate of drug-likeness (QED) is 0.651. The van der Waals surface area contributed by atoms with Gasteiger partial charge >= 0.3 is 5.97 Å². The molecule has 3 aromatic rings. The van der Waals surface area contributed by atoms with Gasteiger partial charge in [0.25, 0.3) is 0 Å². The molecule has 0 bridgehead atoms. The number of hydrogen-bond donors (Lipinski definition) is 1. The first-order valence-corrected chi connectivity index (χ1v) is 9.40. The zero-order chi connectivity index (χ0) is 18.8. The number of aromatic nitrogens is 2. The third kappa shape index (κ3) is 3.80. The average Bonchev–Trinajstić information content (AvgIpc) is 3.28. The van der Waals surface area contributed by atoms with Gasteiger partial charge in [0.15, 0.2) is 11.5 Å². The smallest absolute Gasteiger partial charge is 0.305 e. The van der Waals surface area contributed by atoms with E-state index < -0.39 is 0 Å². The summed E-state index contributed by atoms with van der Waals surface area (Å²) in [6, 6.07) is 7.94. The van der Waals surface area contributed by atoms with Crippen molar-refractivity contribution in [2.24, 2.45) is 0 Å². The lowest BCUT2D eigenvalue weighted by atomic mass is 10.2. The highest BCUT2D eigenvalue weighted by Crippen LogP contribution is 2.33. The maximum atomic E-state index is 11.4. The van der Waals surface area contributed by atoms with E-state index in [2.05, 4.69) is 21.4 Å². The van der Waals surface area contributed by atoms with Gasteiger partial charge in [0.1, 0.15) is 16.5 Å². The fraction of sp³-hybridized carbons (Fsp3) is 0.316. The Hall–Kier alpha value is -2.87. The second-order valence-electron chi connectivity index (χ2n) is 6.18. The second-order valence-corrected chi connectivity index (χ2v) is 7.42. The van der Waals surface area contributed by atoms with Crippen LogP contribution in [0.1, 0.15) is 22.7 Å². The molecule has 7 nitrogen and oxygen atoms in total. The number of nitrogens with zero attached hydrogens (tertiary/aromatic N) is 2. The Bertz CT molecular complexity index is 1000. The number of aryl methyl sites for hydroxylation is 2. The van der Waals surface area contributed by atoms with E-state index in [0.717, 1.165) is 38.0 Å². The molecule has 0 radical (unpaired) electrons. The predicted molar refractivity (Wildman–Crippen MR) is 102 cm³/mol. The van der Waals surface area contributed by atoms with Crippen molar-refractivity contribution in [3.63, 3.8) is 0 Å². The molecule has 0 amide bonds. The largest absolute Gasteiger partial charge is 0.469 e. The number of benzene rings is 1. The summed E-state index contributed by atoms with van der Waals surface area (Å²) in [5.41, 5.74) is 1.06. The molecule has 27 heavy (non-hydrogen) atoms. The summed E-state index contributed by atoms with van der Waals surface area (Å²) in [5.74, 6) is 2.65. The molecule has 3 heterocycles. The number of fused-ring (bicyclic) bond motifs is 2. The van der Waals surface area contributed by atoms with Gasteiger partial charge < -0.3 is 19.5 Å². The number of hydrogen-bond acceptors (Lipinski definition) is 8. The number of methoxy groups -OCH3 is 1. The molecule has 0 saturated heterocycles. The molecule has 0 aliphatic carbocycles. The molecule has 0 saturated carbocycles. The molecule has 140 valence electrons. The lowest BCUT2D eigenvalue weighted by molar-refractivity contribution is -0.140. The van der Waals surface area contributed by atoms with E-state index in [4.69, 9.17) is 14.2 Å². The van der Waals surface area contributed by atoms with Gasteiger partial charge in [0, 0.05) is 17.8 Å². The van der Waals surface area contributed by atoms with Crippen molar-refractivity contribution in [2.75, 3.05) is 19.2 Å². The van der Waals surface area contributed by atoms with Crippen LogP contribution >= 0.6 is 11.3 Å². The number of nitrogens with one attached hydrogen (secondary N) is 1. The Morgan fingerprint density at radius 3 is 2.96 bits per heavy atom. The van der Waals surface area contributed by atoms with Crippen LogP contribution in [-0.2, 0) is 22.5 Å². The van der Waals surface area contributed by atoms with Gasteiger partial charge in [-0.1, -0.05) is 6.07 Å². The highest BCUT2D eigenvalue weighted by molar-refractivity contribution is 7.18. The Morgan fingerprint density at radius 1 is 1.26 bits per heavy atom. The summed E-state index contributed by atoms with van der Waals surface area (Å²) in [7, 11) is 1.38. The number of thiophene rings is 1. The third-order valence-corrected chi connectivity index (χ3v) is 5.18. The van der Waals surface area contributed by atoms with Crippen LogP contribution in [0, 0.1) is 6.92 Å². The summed E-state index contributed by atoms with van der Waals surface area (Å²) in [5, 5.41) is 4.38. The fourth-order valence-electron chi connectivity index (χ4n) is 2.89. The first-order valence-electron chi connectivity index (χ1n) is 8.58. The van der Waals surface area contributed by atoms with Gasteiger partial charge in [0.05, 0.1) is 18.9 Å². The predicted octanol–water partition coefficient (Wildman–Crippen LogP) is 3.45. The van der Waals surface area contributed by atoms with E-state index in [1.54, 1.807) is 11.3 Å². The minimum atomic E-state index is -0.268. The highest BCUT2D eigenvalue weighted by Gasteiger charge is 2.15. The van der Waals surface area contributed by atoms with Gasteiger partial charge in [-0.25, -0.2) is 9.97 Å². The second kappa shape index (κ2) is 7.40. The summed E-state index contributed by atoms with van der Waals surface area (Å²) in [6.07, 6.45) is 0.701. The molecule has 0 fully saturated rings. The van der Waals surface area contributed by atoms with Gasteiger partial charge in [-0.2, -0.15) is 0 Å². The molecule has 0 spiro atoms. The summed E-state index contributed by atoms with van der Waals surface area (Å²) in [4.78, 5) is 22.7. The molecule has 2 aromatic heterocycles. The molecular formula is C19H19N3O4S. The monoisotopic (exact) mass is 385 g/mol. The maximum absolute atomic E-state index is 11.4. The number of carbonyl (C=O) groups excluding carboxylic acids is 1. The van der Waals surface area contributed by atoms with E-state index in [1.807, 2.05) is 25.1 Å². The summed E-state index contributed by atoms with van der Waals surface area (Å²) < 4.78 is 15.5. The molecule has 0 unspecified atom stereocenters. The van der Waals surface area contributed by atoms with E-state index in [1.165, 1.54) is 7.11 Å². The van der Waals surface area contributed by atoms with Crippen molar-refractivity contribution in [1.82, 2.24) is 9.97 Å². The zero-order valence-electron chi connectivity index (χ0n) is 15.1. The fourth-order valence-corrected chi connectivity index (χ4v) is 3.78. The molecule has 0 atom stereocenters. The van der Waals surface area contributed by atoms with E-state index >= 15 is 0 Å². The first-order chi connectivity index (χ1) is 13.1. The number of esters is 1. The lowest BCUT2D eigenvalue weighted by Crippen LogP contribution is -2.07. The Labute approximate surface area is 160 Å². The number of carbonyl (C=O) groups is 1. The van der Waals surface area contributed by atoms with Gasteiger partial charge in [-0.05, 0) is 30.7 Å². The lowest BCUT2D eigenvalue weighted by Gasteiger charge is -2.09. The van der Waals surface area contributed by atoms with Crippen LogP contribution in [-0.4, -0.2) is 29.8 Å². The minimum absolute atomic E-state index is 0.258.